The zero-order valence-corrected chi connectivity index (χ0v) is 53.9. The molecule has 0 saturated heterocycles. The van der Waals surface area contributed by atoms with E-state index in [9.17, 15) is 2.74 Å². The van der Waals surface area contributed by atoms with Crippen LogP contribution in [0.25, 0.3) is 81.2 Å². The van der Waals surface area contributed by atoms with Crippen LogP contribution in [0.4, 0.5) is 22.7 Å². The van der Waals surface area contributed by atoms with Crippen LogP contribution in [-0.2, 0) is 16.2 Å². The Morgan fingerprint density at radius 1 is 0.517 bits per heavy atom. The van der Waals surface area contributed by atoms with Crippen LogP contribution < -0.4 is 14.5 Å². The number of anilines is 4. The Hall–Kier alpha value is -8.45. The van der Waals surface area contributed by atoms with Gasteiger partial charge in [-0.25, -0.2) is 4.98 Å². The highest BCUT2D eigenvalue weighted by atomic mass is 32.1. The Morgan fingerprint density at radius 3 is 1.82 bits per heavy atom. The summed E-state index contributed by atoms with van der Waals surface area (Å²) in [5.41, 5.74) is 15.8. The minimum absolute atomic E-state index is 0.0260. The van der Waals surface area contributed by atoms with E-state index in [0.717, 1.165) is 61.7 Å². The normalized spacial score (nSPS) is 14.1. The first-order valence-corrected chi connectivity index (χ1v) is 31.7. The highest BCUT2D eigenvalue weighted by Gasteiger charge is 2.36. The fourth-order valence-electron chi connectivity index (χ4n) is 12.8. The summed E-state index contributed by atoms with van der Waals surface area (Å²) in [5.74, 6) is 2.61. The summed E-state index contributed by atoms with van der Waals surface area (Å²) in [5, 5.41) is 4.79. The molecule has 0 bridgehead atoms. The fraction of sp³-hybridized carbons (Fsp3) is 0.272. The lowest BCUT2D eigenvalue weighted by molar-refractivity contribution is 0.225. The lowest BCUT2D eigenvalue weighted by Crippen LogP contribution is -2.34. The number of hydrogen-bond donors (Lipinski definition) is 0. The standard InChI is InChI=1S/C81H82N4OS/c1-50(2)61-28-23-29-62(51(3)4)74(61)54-43-58(83-49-84(69-33-21-20-32-68(69)83)76-63(52-25-17-16-18-26-52)30-24-31-64(76)53-41-56(78(5,6)7)45-57(42-53)79(8,9)10)47-60(44-54)86-59-35-36-67-71(48-59)85(73-46-55(39-40-82-73)81(14,15)80(11,12)13)70-38-37-66-65-27-19-22-34-72(65)87-77(66)75(67)70/h16-48,50-51H,49H2,1-15H3/i16D,17D,18D,25D,26D. The van der Waals surface area contributed by atoms with Crippen molar-refractivity contribution in [3.63, 3.8) is 0 Å². The van der Waals surface area contributed by atoms with Crippen molar-refractivity contribution in [2.75, 3.05) is 16.5 Å². The molecule has 0 spiro atoms. The quantitative estimate of drug-likeness (QED) is 0.129. The maximum absolute atomic E-state index is 9.50. The number of aromatic nitrogens is 2. The predicted octanol–water partition coefficient (Wildman–Crippen LogP) is 23.8. The van der Waals surface area contributed by atoms with Gasteiger partial charge < -0.3 is 14.5 Å². The SMILES string of the molecule is [2H]c1c([2H])c([2H])c(-c2cccc(-c3cc(C(C)(C)C)cc(C(C)(C)C)c3)c2N2CN(c3cc(Oc4ccc5c6c7sc8ccccc8c7ccc6n(-c6cc(C(C)(C)C(C)(C)C)ccn6)c5c4)cc(-c4c(C(C)C)cccc4C(C)C)c3)c3ccccc32)c([2H])c1[2H]. The number of rotatable bonds is 11. The first-order valence-electron chi connectivity index (χ1n) is 33.3. The second-order valence-corrected chi connectivity index (χ2v) is 29.2. The van der Waals surface area contributed by atoms with Crippen molar-refractivity contribution < 1.29 is 11.6 Å². The third-order valence-corrected chi connectivity index (χ3v) is 19.9. The number of para-hydroxylation sites is 3. The summed E-state index contributed by atoms with van der Waals surface area (Å²) >= 11 is 1.84. The molecule has 0 radical (unpaired) electrons. The number of benzene rings is 9. The van der Waals surface area contributed by atoms with Gasteiger partial charge >= 0.3 is 0 Å². The molecule has 0 fully saturated rings. The summed E-state index contributed by atoms with van der Waals surface area (Å²) in [7, 11) is 0. The Kier molecular flexibility index (Phi) is 12.8. The van der Waals surface area contributed by atoms with Crippen molar-refractivity contribution in [2.24, 2.45) is 5.41 Å². The van der Waals surface area contributed by atoms with Gasteiger partial charge in [0.2, 0.25) is 0 Å². The molecule has 438 valence electrons. The summed E-state index contributed by atoms with van der Waals surface area (Å²) in [4.78, 5) is 9.79. The molecule has 0 aliphatic carbocycles. The minimum Gasteiger partial charge on any atom is -0.457 e. The Labute approximate surface area is 527 Å². The van der Waals surface area contributed by atoms with Crippen LogP contribution in [0.5, 0.6) is 11.5 Å². The molecule has 0 amide bonds. The van der Waals surface area contributed by atoms with Crippen LogP contribution >= 0.6 is 11.3 Å². The largest absolute Gasteiger partial charge is 0.457 e. The van der Waals surface area contributed by atoms with Gasteiger partial charge in [-0.1, -0.05) is 225 Å². The van der Waals surface area contributed by atoms with Gasteiger partial charge in [0.1, 0.15) is 24.0 Å². The highest BCUT2D eigenvalue weighted by Crippen LogP contribution is 2.53. The monoisotopic (exact) mass is 1160 g/mol. The van der Waals surface area contributed by atoms with Gasteiger partial charge in [0, 0.05) is 66.1 Å². The van der Waals surface area contributed by atoms with Crippen LogP contribution in [0.15, 0.2) is 200 Å². The first kappa shape index (κ1) is 51.7. The molecule has 3 aromatic heterocycles. The molecule has 5 nitrogen and oxygen atoms in total. The smallest absolute Gasteiger partial charge is 0.137 e. The van der Waals surface area contributed by atoms with Crippen molar-refractivity contribution >= 4 is 76.1 Å². The molecule has 0 atom stereocenters. The molecule has 0 unspecified atom stereocenters. The molecular formula is C81H82N4OS. The fourth-order valence-corrected chi connectivity index (χ4v) is 14.1. The van der Waals surface area contributed by atoms with Gasteiger partial charge in [0.15, 0.2) is 0 Å². The summed E-state index contributed by atoms with van der Waals surface area (Å²) in [6.07, 6.45) is 1.96. The number of fused-ring (bicyclic) bond motifs is 8. The number of nitrogens with zero attached hydrogens (tertiary/aromatic N) is 4. The molecule has 1 aliphatic rings. The van der Waals surface area contributed by atoms with E-state index < -0.39 is 6.04 Å². The van der Waals surface area contributed by atoms with Crippen LogP contribution in [0.2, 0.25) is 0 Å². The molecule has 4 heterocycles. The lowest BCUT2D eigenvalue weighted by Gasteiger charge is -2.39. The number of pyridine rings is 1. The Morgan fingerprint density at radius 2 is 1.15 bits per heavy atom. The van der Waals surface area contributed by atoms with Crippen LogP contribution in [-0.4, -0.2) is 16.2 Å². The molecule has 87 heavy (non-hydrogen) atoms. The average Bonchev–Trinajstić information content (AvgIpc) is 1.54. The average molecular weight is 1160 g/mol. The highest BCUT2D eigenvalue weighted by molar-refractivity contribution is 7.26. The van der Waals surface area contributed by atoms with Gasteiger partial charge in [-0.05, 0) is 144 Å². The molecule has 9 aromatic carbocycles. The van der Waals surface area contributed by atoms with Gasteiger partial charge in [-0.15, -0.1) is 11.3 Å². The van der Waals surface area contributed by atoms with E-state index in [2.05, 4.69) is 270 Å². The van der Waals surface area contributed by atoms with Gasteiger partial charge in [-0.2, -0.15) is 0 Å². The molecule has 12 aromatic rings. The van der Waals surface area contributed by atoms with E-state index in [1.165, 1.54) is 58.9 Å². The number of hydrogen-bond acceptors (Lipinski definition) is 5. The van der Waals surface area contributed by atoms with E-state index in [0.29, 0.717) is 23.7 Å². The summed E-state index contributed by atoms with van der Waals surface area (Å²) in [6, 6.07) is 57.2. The van der Waals surface area contributed by atoms with Crippen LogP contribution in [0, 0.1) is 5.41 Å². The van der Waals surface area contributed by atoms with Crippen LogP contribution in [0.1, 0.15) is 150 Å². The van der Waals surface area contributed by atoms with Crippen molar-refractivity contribution in [3.8, 4) is 50.7 Å². The van der Waals surface area contributed by atoms with E-state index in [-0.39, 0.29) is 63.2 Å². The minimum atomic E-state index is -0.428. The molecule has 6 heteroatoms. The lowest BCUT2D eigenvalue weighted by atomic mass is 9.65. The van der Waals surface area contributed by atoms with E-state index >= 15 is 0 Å². The molecular weight excluding hydrogens is 1080 g/mol. The molecule has 1 aliphatic heterocycles. The van der Waals surface area contributed by atoms with Crippen LogP contribution in [0.3, 0.4) is 0 Å². The van der Waals surface area contributed by atoms with Crippen molar-refractivity contribution in [1.82, 2.24) is 9.55 Å². The third-order valence-electron chi connectivity index (χ3n) is 18.7. The summed E-state index contributed by atoms with van der Waals surface area (Å²) in [6.45, 7) is 34.4. The van der Waals surface area contributed by atoms with Crippen molar-refractivity contribution in [3.05, 3.63) is 228 Å². The maximum atomic E-state index is 9.50. The first-order chi connectivity index (χ1) is 43.5. The molecule has 13 rings (SSSR count). The van der Waals surface area contributed by atoms with E-state index in [1.807, 2.05) is 29.7 Å². The zero-order valence-electron chi connectivity index (χ0n) is 58.1. The molecule has 0 N–H and O–H groups in total. The van der Waals surface area contributed by atoms with Gasteiger partial charge in [0.05, 0.1) is 34.9 Å². The van der Waals surface area contributed by atoms with E-state index in [1.54, 1.807) is 0 Å². The van der Waals surface area contributed by atoms with Gasteiger partial charge in [0.25, 0.3) is 0 Å². The molecule has 0 saturated carbocycles. The maximum Gasteiger partial charge on any atom is 0.137 e. The Bertz CT molecular complexity index is 4870. The van der Waals surface area contributed by atoms with E-state index in [4.69, 9.17) is 13.8 Å². The second-order valence-electron chi connectivity index (χ2n) is 28.2. The summed E-state index contributed by atoms with van der Waals surface area (Å²) < 4.78 is 57.9. The third kappa shape index (κ3) is 10.2. The topological polar surface area (TPSA) is 33.5 Å². The van der Waals surface area contributed by atoms with Gasteiger partial charge in [-0.3, -0.25) is 4.57 Å². The number of ether oxygens (including phenoxy) is 1. The van der Waals surface area contributed by atoms with Crippen molar-refractivity contribution in [2.45, 2.75) is 132 Å². The predicted molar refractivity (Wildman–Crippen MR) is 374 cm³/mol. The zero-order chi connectivity index (χ0) is 65.4. The van der Waals surface area contributed by atoms with Crippen molar-refractivity contribution in [1.29, 1.82) is 0 Å². The Balaban J connectivity index is 1.03. The number of thiophene rings is 1. The second kappa shape index (κ2) is 21.5.